The molecule has 1 heterocycles. The summed E-state index contributed by atoms with van der Waals surface area (Å²) in [5, 5.41) is 9.01. The van der Waals surface area contributed by atoms with E-state index < -0.39 is 22.1 Å². The molecule has 1 saturated heterocycles. The Hall–Kier alpha value is -1.44. The fraction of sp³-hybridized carbons (Fsp3) is 0.533. The van der Waals surface area contributed by atoms with Gasteiger partial charge in [0.2, 0.25) is 10.0 Å². The lowest BCUT2D eigenvalue weighted by Crippen LogP contribution is -2.56. The Bertz CT molecular complexity index is 660. The summed E-state index contributed by atoms with van der Waals surface area (Å²) in [6.45, 7) is 0.356. The van der Waals surface area contributed by atoms with Gasteiger partial charge in [-0.15, -0.1) is 0 Å². The molecule has 0 bridgehead atoms. The van der Waals surface area contributed by atoms with Crippen molar-refractivity contribution in [3.8, 4) is 0 Å². The van der Waals surface area contributed by atoms with E-state index in [1.165, 1.54) is 29.8 Å². The Labute approximate surface area is 129 Å². The molecule has 3 rings (SSSR count). The number of rotatable bonds is 6. The van der Waals surface area contributed by atoms with Crippen LogP contribution in [-0.2, 0) is 19.6 Å². The van der Waals surface area contributed by atoms with E-state index in [1.807, 2.05) is 12.1 Å². The Kier molecular flexibility index (Phi) is 3.96. The highest BCUT2D eigenvalue weighted by Crippen LogP contribution is 2.40. The predicted molar refractivity (Wildman–Crippen MR) is 79.1 cm³/mol. The molecule has 7 heteroatoms. The lowest BCUT2D eigenvalue weighted by molar-refractivity contribution is -0.154. The molecule has 2 fully saturated rings. The van der Waals surface area contributed by atoms with Crippen LogP contribution in [0.15, 0.2) is 29.2 Å². The second kappa shape index (κ2) is 5.64. The average molecular weight is 325 g/mol. The molecule has 1 atom stereocenters. The largest absolute Gasteiger partial charge is 0.479 e. The molecule has 1 aromatic rings. The van der Waals surface area contributed by atoms with Crippen LogP contribution in [0.3, 0.4) is 0 Å². The van der Waals surface area contributed by atoms with Crippen LogP contribution in [0.4, 0.5) is 0 Å². The Morgan fingerprint density at radius 2 is 1.86 bits per heavy atom. The summed E-state index contributed by atoms with van der Waals surface area (Å²) in [7, 11) is -2.21. The van der Waals surface area contributed by atoms with Crippen LogP contribution in [-0.4, -0.2) is 50.1 Å². The first-order valence-corrected chi connectivity index (χ1v) is 8.73. The molecule has 1 aliphatic carbocycles. The SMILES string of the molecule is COC(C(=O)O)C1CN(S(=O)(=O)c2ccc(C3CC3)cc2)C1. The number of nitrogens with zero attached hydrogens (tertiary/aromatic N) is 1. The summed E-state index contributed by atoms with van der Waals surface area (Å²) in [4.78, 5) is 11.3. The van der Waals surface area contributed by atoms with Crippen LogP contribution in [0.1, 0.15) is 24.3 Å². The highest BCUT2D eigenvalue weighted by atomic mass is 32.2. The van der Waals surface area contributed by atoms with Crippen molar-refractivity contribution in [2.45, 2.75) is 29.8 Å². The lowest BCUT2D eigenvalue weighted by Gasteiger charge is -2.40. The predicted octanol–water partition coefficient (Wildman–Crippen LogP) is 1.28. The second-order valence-corrected chi connectivity index (χ2v) is 7.86. The van der Waals surface area contributed by atoms with Gasteiger partial charge in [-0.2, -0.15) is 4.31 Å². The van der Waals surface area contributed by atoms with Gasteiger partial charge in [-0.3, -0.25) is 0 Å². The molecular formula is C15H19NO5S. The summed E-state index contributed by atoms with van der Waals surface area (Å²) in [6, 6.07) is 7.02. The van der Waals surface area contributed by atoms with Crippen molar-refractivity contribution >= 4 is 16.0 Å². The molecule has 6 nitrogen and oxygen atoms in total. The lowest BCUT2D eigenvalue weighted by atomic mass is 9.96. The van der Waals surface area contributed by atoms with Crippen molar-refractivity contribution in [3.05, 3.63) is 29.8 Å². The van der Waals surface area contributed by atoms with E-state index >= 15 is 0 Å². The number of carboxylic acids is 1. The van der Waals surface area contributed by atoms with E-state index in [1.54, 1.807) is 12.1 Å². The number of sulfonamides is 1. The first kappa shape index (κ1) is 15.5. The van der Waals surface area contributed by atoms with Gasteiger partial charge in [0, 0.05) is 26.1 Å². The van der Waals surface area contributed by atoms with Crippen LogP contribution in [0.5, 0.6) is 0 Å². The fourth-order valence-corrected chi connectivity index (χ4v) is 4.38. The van der Waals surface area contributed by atoms with Crippen molar-refractivity contribution in [3.63, 3.8) is 0 Å². The molecule has 2 aliphatic rings. The molecule has 1 N–H and O–H groups in total. The Balaban J connectivity index is 1.68. The zero-order valence-electron chi connectivity index (χ0n) is 12.3. The van der Waals surface area contributed by atoms with E-state index in [2.05, 4.69) is 0 Å². The van der Waals surface area contributed by atoms with Crippen molar-refractivity contribution in [2.24, 2.45) is 5.92 Å². The first-order valence-electron chi connectivity index (χ1n) is 7.29. The van der Waals surface area contributed by atoms with E-state index in [0.717, 1.165) is 0 Å². The van der Waals surface area contributed by atoms with Gasteiger partial charge in [0.05, 0.1) is 4.90 Å². The molecule has 1 saturated carbocycles. The summed E-state index contributed by atoms with van der Waals surface area (Å²) < 4.78 is 31.2. The number of ether oxygens (including phenoxy) is 1. The van der Waals surface area contributed by atoms with Crippen molar-refractivity contribution in [2.75, 3.05) is 20.2 Å². The molecule has 1 unspecified atom stereocenters. The van der Waals surface area contributed by atoms with E-state index in [9.17, 15) is 13.2 Å². The number of aliphatic carboxylic acids is 1. The van der Waals surface area contributed by atoms with E-state index in [0.29, 0.717) is 5.92 Å². The van der Waals surface area contributed by atoms with Crippen LogP contribution in [0.2, 0.25) is 0 Å². The van der Waals surface area contributed by atoms with Crippen molar-refractivity contribution in [1.29, 1.82) is 0 Å². The average Bonchev–Trinajstić information content (AvgIpc) is 3.26. The normalized spacial score (nSPS) is 21.3. The molecule has 0 radical (unpaired) electrons. The number of hydrogen-bond donors (Lipinski definition) is 1. The summed E-state index contributed by atoms with van der Waals surface area (Å²) in [5.41, 5.74) is 1.19. The smallest absolute Gasteiger partial charge is 0.333 e. The number of methoxy groups -OCH3 is 1. The fourth-order valence-electron chi connectivity index (χ4n) is 2.83. The molecule has 1 aliphatic heterocycles. The van der Waals surface area contributed by atoms with Gasteiger partial charge < -0.3 is 9.84 Å². The van der Waals surface area contributed by atoms with Gasteiger partial charge in [0.15, 0.2) is 6.10 Å². The van der Waals surface area contributed by atoms with Crippen molar-refractivity contribution in [1.82, 2.24) is 4.31 Å². The number of benzene rings is 1. The number of carbonyl (C=O) groups is 1. The molecule has 120 valence electrons. The van der Waals surface area contributed by atoms with E-state index in [-0.39, 0.29) is 23.9 Å². The zero-order valence-corrected chi connectivity index (χ0v) is 13.1. The minimum atomic E-state index is -3.54. The van der Waals surface area contributed by atoms with Gasteiger partial charge >= 0.3 is 5.97 Å². The van der Waals surface area contributed by atoms with Crippen LogP contribution in [0, 0.1) is 5.92 Å². The van der Waals surface area contributed by atoms with Gasteiger partial charge in [-0.25, -0.2) is 13.2 Å². The standard InChI is InChI=1S/C15H19NO5S/c1-21-14(15(17)18)12-8-16(9-12)22(19,20)13-6-4-11(5-7-13)10-2-3-10/h4-7,10,12,14H,2-3,8-9H2,1H3,(H,17,18). The monoisotopic (exact) mass is 325 g/mol. The third-order valence-corrected chi connectivity index (χ3v) is 6.21. The molecule has 0 spiro atoms. The van der Waals surface area contributed by atoms with Crippen LogP contribution in [0.25, 0.3) is 0 Å². The van der Waals surface area contributed by atoms with Gasteiger partial charge in [-0.05, 0) is 36.5 Å². The minimum Gasteiger partial charge on any atom is -0.479 e. The molecule has 22 heavy (non-hydrogen) atoms. The zero-order chi connectivity index (χ0) is 15.9. The number of hydrogen-bond acceptors (Lipinski definition) is 4. The Morgan fingerprint density at radius 3 is 2.32 bits per heavy atom. The van der Waals surface area contributed by atoms with Gasteiger partial charge in [0.1, 0.15) is 0 Å². The molecular weight excluding hydrogens is 306 g/mol. The highest BCUT2D eigenvalue weighted by Gasteiger charge is 2.43. The maximum Gasteiger partial charge on any atom is 0.333 e. The van der Waals surface area contributed by atoms with Crippen molar-refractivity contribution < 1.29 is 23.1 Å². The maximum atomic E-state index is 12.5. The second-order valence-electron chi connectivity index (χ2n) is 5.92. The minimum absolute atomic E-state index is 0.178. The summed E-state index contributed by atoms with van der Waals surface area (Å²) >= 11 is 0. The summed E-state index contributed by atoms with van der Waals surface area (Å²) in [5.74, 6) is -0.774. The first-order chi connectivity index (χ1) is 10.4. The van der Waals surface area contributed by atoms with Crippen LogP contribution < -0.4 is 0 Å². The van der Waals surface area contributed by atoms with Crippen LogP contribution >= 0.6 is 0 Å². The third-order valence-electron chi connectivity index (χ3n) is 4.37. The topological polar surface area (TPSA) is 83.9 Å². The molecule has 1 aromatic carbocycles. The third kappa shape index (κ3) is 2.76. The van der Waals surface area contributed by atoms with Gasteiger partial charge in [-0.1, -0.05) is 12.1 Å². The quantitative estimate of drug-likeness (QED) is 0.852. The highest BCUT2D eigenvalue weighted by molar-refractivity contribution is 7.89. The van der Waals surface area contributed by atoms with Gasteiger partial charge in [0.25, 0.3) is 0 Å². The molecule has 0 amide bonds. The maximum absolute atomic E-state index is 12.5. The summed E-state index contributed by atoms with van der Waals surface area (Å²) in [6.07, 6.45) is 1.39. The Morgan fingerprint density at radius 1 is 1.27 bits per heavy atom. The number of carboxylic acid groups (broad SMARTS) is 1. The molecule has 0 aromatic heterocycles. The van der Waals surface area contributed by atoms with E-state index in [4.69, 9.17) is 9.84 Å².